The number of nitrogens with zero attached hydrogens (tertiary/aromatic N) is 2. The molecule has 0 radical (unpaired) electrons. The number of nitrogens with two attached hydrogens (primary N) is 1. The molecule has 4 aromatic rings. The fourth-order valence-electron chi connectivity index (χ4n) is 3.41. The molecule has 0 atom stereocenters. The molecule has 7 heteroatoms. The molecule has 2 N–H and O–H groups in total. The number of methoxy groups -OCH3 is 1. The van der Waals surface area contributed by atoms with Crippen LogP contribution in [0.3, 0.4) is 0 Å². The Morgan fingerprint density at radius 3 is 2.60 bits per heavy atom. The molecule has 0 bridgehead atoms. The number of ether oxygens (including phenoxy) is 1. The van der Waals surface area contributed by atoms with Crippen molar-refractivity contribution in [1.29, 1.82) is 0 Å². The van der Waals surface area contributed by atoms with E-state index in [0.717, 1.165) is 21.8 Å². The van der Waals surface area contributed by atoms with Gasteiger partial charge in [-0.3, -0.25) is 14.2 Å². The third kappa shape index (κ3) is 3.97. The van der Waals surface area contributed by atoms with E-state index in [-0.39, 0.29) is 18.5 Å². The summed E-state index contributed by atoms with van der Waals surface area (Å²) in [4.78, 5) is 31.1. The van der Waals surface area contributed by atoms with Crippen molar-refractivity contribution >= 4 is 27.5 Å². The number of aromatic nitrogens is 2. The van der Waals surface area contributed by atoms with Gasteiger partial charge in [0.2, 0.25) is 5.91 Å². The van der Waals surface area contributed by atoms with Crippen LogP contribution in [0.15, 0.2) is 65.5 Å². The van der Waals surface area contributed by atoms with Gasteiger partial charge in [-0.15, -0.1) is 11.3 Å². The van der Waals surface area contributed by atoms with Crippen LogP contribution in [0.2, 0.25) is 0 Å². The van der Waals surface area contributed by atoms with Crippen molar-refractivity contribution in [2.45, 2.75) is 19.4 Å². The molecule has 0 unspecified atom stereocenters. The summed E-state index contributed by atoms with van der Waals surface area (Å²) in [5.41, 5.74) is 7.13. The van der Waals surface area contributed by atoms with Gasteiger partial charge >= 0.3 is 0 Å². The van der Waals surface area contributed by atoms with Crippen molar-refractivity contribution in [3.63, 3.8) is 0 Å². The average molecular weight is 420 g/mol. The van der Waals surface area contributed by atoms with E-state index in [1.54, 1.807) is 11.7 Å². The quantitative estimate of drug-likeness (QED) is 0.496. The Balaban J connectivity index is 1.85. The van der Waals surface area contributed by atoms with Crippen LogP contribution in [0.1, 0.15) is 17.8 Å². The second-order valence-corrected chi connectivity index (χ2v) is 7.92. The van der Waals surface area contributed by atoms with Gasteiger partial charge in [-0.05, 0) is 17.7 Å². The molecule has 30 heavy (non-hydrogen) atoms. The van der Waals surface area contributed by atoms with Gasteiger partial charge < -0.3 is 10.5 Å². The summed E-state index contributed by atoms with van der Waals surface area (Å²) in [6.45, 7) is 0.193. The Labute approximate surface area is 177 Å². The highest BCUT2D eigenvalue weighted by molar-refractivity contribution is 7.21. The summed E-state index contributed by atoms with van der Waals surface area (Å²) in [6, 6.07) is 19.4. The number of rotatable bonds is 7. The standard InChI is InChI=1S/C23H21N3O3S/c1-29-18-10-6-5-9-16(18)13-21-25-22-17(23(28)26(21)12-11-20(24)27)14-19(30-22)15-7-3-2-4-8-15/h2-10,14H,11-13H2,1H3,(H2,24,27). The summed E-state index contributed by atoms with van der Waals surface area (Å²) in [5, 5.41) is 0.548. The van der Waals surface area contributed by atoms with Crippen LogP contribution < -0.4 is 16.0 Å². The van der Waals surface area contributed by atoms with Gasteiger partial charge in [0.15, 0.2) is 0 Å². The lowest BCUT2D eigenvalue weighted by Gasteiger charge is -2.13. The topological polar surface area (TPSA) is 87.2 Å². The lowest BCUT2D eigenvalue weighted by Crippen LogP contribution is -2.27. The molecule has 1 amide bonds. The minimum Gasteiger partial charge on any atom is -0.496 e. The number of carbonyl (C=O) groups is 1. The maximum atomic E-state index is 13.3. The van der Waals surface area contributed by atoms with Crippen molar-refractivity contribution in [3.8, 4) is 16.2 Å². The number of benzene rings is 2. The smallest absolute Gasteiger partial charge is 0.262 e. The average Bonchev–Trinajstić information content (AvgIpc) is 3.19. The van der Waals surface area contributed by atoms with Gasteiger partial charge in [-0.2, -0.15) is 0 Å². The SMILES string of the molecule is COc1ccccc1Cc1nc2sc(-c3ccccc3)cc2c(=O)n1CCC(N)=O. The summed E-state index contributed by atoms with van der Waals surface area (Å²) in [5.74, 6) is 0.852. The third-order valence-corrected chi connectivity index (χ3v) is 5.99. The summed E-state index contributed by atoms with van der Waals surface area (Å²) >= 11 is 1.48. The number of hydrogen-bond donors (Lipinski definition) is 1. The minimum atomic E-state index is -0.458. The molecule has 4 rings (SSSR count). The molecule has 2 aromatic heterocycles. The van der Waals surface area contributed by atoms with E-state index in [9.17, 15) is 9.59 Å². The highest BCUT2D eigenvalue weighted by Gasteiger charge is 2.17. The lowest BCUT2D eigenvalue weighted by atomic mass is 10.1. The number of fused-ring (bicyclic) bond motifs is 1. The maximum absolute atomic E-state index is 13.3. The second-order valence-electron chi connectivity index (χ2n) is 6.89. The molecule has 0 saturated carbocycles. The molecule has 2 heterocycles. The number of para-hydroxylation sites is 1. The number of hydrogen-bond acceptors (Lipinski definition) is 5. The first-order valence-corrected chi connectivity index (χ1v) is 10.4. The number of carbonyl (C=O) groups excluding carboxylic acids is 1. The zero-order valence-corrected chi connectivity index (χ0v) is 17.3. The molecule has 0 fully saturated rings. The Hall–Kier alpha value is -3.45. The summed E-state index contributed by atoms with van der Waals surface area (Å²) in [6.07, 6.45) is 0.480. The molecule has 0 saturated heterocycles. The second kappa shape index (κ2) is 8.51. The molecule has 0 aliphatic carbocycles. The van der Waals surface area contributed by atoms with Crippen molar-refractivity contribution in [1.82, 2.24) is 9.55 Å². The molecular weight excluding hydrogens is 398 g/mol. The molecule has 0 spiro atoms. The van der Waals surface area contributed by atoms with Crippen LogP contribution in [-0.4, -0.2) is 22.6 Å². The first-order valence-electron chi connectivity index (χ1n) is 9.55. The Morgan fingerprint density at radius 1 is 1.13 bits per heavy atom. The van der Waals surface area contributed by atoms with Crippen LogP contribution in [0.4, 0.5) is 0 Å². The highest BCUT2D eigenvalue weighted by atomic mass is 32.1. The van der Waals surface area contributed by atoms with Gasteiger partial charge in [-0.25, -0.2) is 4.98 Å². The number of amides is 1. The van der Waals surface area contributed by atoms with Gasteiger partial charge in [0.25, 0.3) is 5.56 Å². The summed E-state index contributed by atoms with van der Waals surface area (Å²) in [7, 11) is 1.61. The van der Waals surface area contributed by atoms with Crippen molar-refractivity contribution in [3.05, 3.63) is 82.4 Å². The number of primary amides is 1. The molecule has 152 valence electrons. The predicted octanol–water partition coefficient (Wildman–Crippen LogP) is 3.60. The van der Waals surface area contributed by atoms with Gasteiger partial charge in [0.05, 0.1) is 12.5 Å². The van der Waals surface area contributed by atoms with E-state index in [2.05, 4.69) is 0 Å². The van der Waals surface area contributed by atoms with Crippen molar-refractivity contribution in [2.75, 3.05) is 7.11 Å². The van der Waals surface area contributed by atoms with E-state index in [4.69, 9.17) is 15.5 Å². The van der Waals surface area contributed by atoms with E-state index < -0.39 is 5.91 Å². The molecule has 0 aliphatic rings. The fraction of sp³-hybridized carbons (Fsp3) is 0.174. The fourth-order valence-corrected chi connectivity index (χ4v) is 4.46. The largest absolute Gasteiger partial charge is 0.496 e. The van der Waals surface area contributed by atoms with E-state index in [1.165, 1.54) is 11.3 Å². The van der Waals surface area contributed by atoms with Crippen molar-refractivity contribution in [2.24, 2.45) is 5.73 Å². The van der Waals surface area contributed by atoms with Crippen LogP contribution in [0, 0.1) is 0 Å². The Kier molecular flexibility index (Phi) is 5.63. The highest BCUT2D eigenvalue weighted by Crippen LogP contribution is 2.31. The lowest BCUT2D eigenvalue weighted by molar-refractivity contribution is -0.118. The Bertz CT molecular complexity index is 1260. The van der Waals surface area contributed by atoms with Crippen LogP contribution in [0.25, 0.3) is 20.7 Å². The van der Waals surface area contributed by atoms with Crippen molar-refractivity contribution < 1.29 is 9.53 Å². The zero-order chi connectivity index (χ0) is 21.1. The molecule has 6 nitrogen and oxygen atoms in total. The molecular formula is C23H21N3O3S. The predicted molar refractivity (Wildman–Crippen MR) is 119 cm³/mol. The van der Waals surface area contributed by atoms with Gasteiger partial charge in [-0.1, -0.05) is 48.5 Å². The van der Waals surface area contributed by atoms with Crippen LogP contribution >= 0.6 is 11.3 Å². The third-order valence-electron chi connectivity index (χ3n) is 4.91. The van der Waals surface area contributed by atoms with Crippen LogP contribution in [0.5, 0.6) is 5.75 Å². The van der Waals surface area contributed by atoms with E-state index in [0.29, 0.717) is 22.5 Å². The normalized spacial score (nSPS) is 11.0. The van der Waals surface area contributed by atoms with Gasteiger partial charge in [0.1, 0.15) is 16.4 Å². The maximum Gasteiger partial charge on any atom is 0.262 e. The van der Waals surface area contributed by atoms with Crippen LogP contribution in [-0.2, 0) is 17.8 Å². The van der Waals surface area contributed by atoms with E-state index >= 15 is 0 Å². The zero-order valence-electron chi connectivity index (χ0n) is 16.5. The first kappa shape index (κ1) is 19.8. The molecule has 2 aromatic carbocycles. The van der Waals surface area contributed by atoms with E-state index in [1.807, 2.05) is 60.7 Å². The molecule has 0 aliphatic heterocycles. The number of thiophene rings is 1. The minimum absolute atomic E-state index is 0.0711. The Morgan fingerprint density at radius 2 is 1.87 bits per heavy atom. The first-order chi connectivity index (χ1) is 14.6. The van der Waals surface area contributed by atoms with Gasteiger partial charge in [0, 0.05) is 29.8 Å². The monoisotopic (exact) mass is 419 g/mol. The summed E-state index contributed by atoms with van der Waals surface area (Å²) < 4.78 is 7.01.